The van der Waals surface area contributed by atoms with Crippen molar-refractivity contribution in [1.29, 1.82) is 0 Å². The van der Waals surface area contributed by atoms with Crippen molar-refractivity contribution >= 4 is 17.3 Å². The topological polar surface area (TPSA) is 63.1 Å². The van der Waals surface area contributed by atoms with Crippen LogP contribution in [0.15, 0.2) is 55.0 Å². The van der Waals surface area contributed by atoms with E-state index in [0.29, 0.717) is 5.69 Å². The molecular weight excluding hydrogens is 369 g/mol. The minimum absolute atomic E-state index is 0.00799. The minimum Gasteiger partial charge on any atom is -0.371 e. The first-order valence-electron chi connectivity index (χ1n) is 9.73. The van der Waals surface area contributed by atoms with Gasteiger partial charge in [0.25, 0.3) is 0 Å². The van der Waals surface area contributed by atoms with Crippen LogP contribution in [-0.2, 0) is 4.79 Å². The number of hydrogen-bond acceptors (Lipinski definition) is 4. The zero-order chi connectivity index (χ0) is 20.4. The molecule has 29 heavy (non-hydrogen) atoms. The fourth-order valence-electron chi connectivity index (χ4n) is 3.69. The van der Waals surface area contributed by atoms with Gasteiger partial charge in [-0.05, 0) is 56.2 Å². The molecule has 0 saturated carbocycles. The summed E-state index contributed by atoms with van der Waals surface area (Å²) >= 11 is 0. The van der Waals surface area contributed by atoms with E-state index in [0.717, 1.165) is 43.0 Å². The van der Waals surface area contributed by atoms with Gasteiger partial charge in [0.2, 0.25) is 5.91 Å². The van der Waals surface area contributed by atoms with Crippen molar-refractivity contribution in [1.82, 2.24) is 14.8 Å². The Labute approximate surface area is 169 Å². The number of amides is 1. The van der Waals surface area contributed by atoms with Gasteiger partial charge in [-0.15, -0.1) is 0 Å². The van der Waals surface area contributed by atoms with Crippen LogP contribution in [0.5, 0.6) is 0 Å². The minimum atomic E-state index is -0.437. The fraction of sp³-hybridized carbons (Fsp3) is 0.318. The molecule has 0 atom stereocenters. The highest BCUT2D eigenvalue weighted by Gasteiger charge is 2.37. The number of carbonyl (C=O) groups is 1. The average molecular weight is 393 g/mol. The lowest BCUT2D eigenvalue weighted by molar-refractivity contribution is -0.125. The molecule has 1 saturated heterocycles. The lowest BCUT2D eigenvalue weighted by Crippen LogP contribution is -2.45. The molecular formula is C22H24FN5O. The van der Waals surface area contributed by atoms with Gasteiger partial charge in [-0.1, -0.05) is 6.92 Å². The van der Waals surface area contributed by atoms with E-state index in [4.69, 9.17) is 0 Å². The second kappa shape index (κ2) is 7.66. The number of anilines is 2. The van der Waals surface area contributed by atoms with E-state index in [1.807, 2.05) is 26.0 Å². The zero-order valence-corrected chi connectivity index (χ0v) is 16.6. The van der Waals surface area contributed by atoms with E-state index in [2.05, 4.69) is 20.3 Å². The molecule has 0 bridgehead atoms. The molecule has 0 radical (unpaired) electrons. The van der Waals surface area contributed by atoms with E-state index in [1.165, 1.54) is 12.1 Å². The van der Waals surface area contributed by atoms with E-state index < -0.39 is 5.41 Å². The van der Waals surface area contributed by atoms with Crippen LogP contribution in [0.25, 0.3) is 5.69 Å². The molecule has 0 unspecified atom stereocenters. The van der Waals surface area contributed by atoms with Crippen molar-refractivity contribution < 1.29 is 9.18 Å². The predicted molar refractivity (Wildman–Crippen MR) is 111 cm³/mol. The molecule has 1 N–H and O–H groups in total. The van der Waals surface area contributed by atoms with Gasteiger partial charge in [0, 0.05) is 31.2 Å². The van der Waals surface area contributed by atoms with E-state index in [1.54, 1.807) is 35.4 Å². The maximum absolute atomic E-state index is 13.2. The largest absolute Gasteiger partial charge is 0.371 e. The number of benzene rings is 1. The summed E-state index contributed by atoms with van der Waals surface area (Å²) in [6.45, 7) is 5.55. The molecule has 1 aliphatic rings. The predicted octanol–water partition coefficient (Wildman–Crippen LogP) is 3.96. The first-order valence-corrected chi connectivity index (χ1v) is 9.73. The molecule has 1 aromatic carbocycles. The lowest BCUT2D eigenvalue weighted by Gasteiger charge is -2.39. The highest BCUT2D eigenvalue weighted by Crippen LogP contribution is 2.34. The molecule has 6 nitrogen and oxygen atoms in total. The van der Waals surface area contributed by atoms with Crippen molar-refractivity contribution in [2.75, 3.05) is 23.3 Å². The van der Waals surface area contributed by atoms with Crippen molar-refractivity contribution in [3.8, 4) is 5.69 Å². The Morgan fingerprint density at radius 3 is 2.38 bits per heavy atom. The Balaban J connectivity index is 1.44. The number of rotatable bonds is 4. The number of aromatic nitrogens is 3. The van der Waals surface area contributed by atoms with Crippen LogP contribution in [0, 0.1) is 18.2 Å². The molecule has 3 aromatic rings. The number of pyridine rings is 1. The Morgan fingerprint density at radius 1 is 1.07 bits per heavy atom. The van der Waals surface area contributed by atoms with E-state index in [-0.39, 0.29) is 11.7 Å². The van der Waals surface area contributed by atoms with Crippen molar-refractivity contribution in [3.05, 3.63) is 66.5 Å². The van der Waals surface area contributed by atoms with Gasteiger partial charge in [0.05, 0.1) is 28.7 Å². The van der Waals surface area contributed by atoms with E-state index >= 15 is 0 Å². The number of piperidine rings is 1. The fourth-order valence-corrected chi connectivity index (χ4v) is 3.69. The lowest BCUT2D eigenvalue weighted by atomic mass is 9.79. The van der Waals surface area contributed by atoms with E-state index in [9.17, 15) is 9.18 Å². The summed E-state index contributed by atoms with van der Waals surface area (Å²) < 4.78 is 14.9. The Morgan fingerprint density at radius 2 is 1.72 bits per heavy atom. The third-order valence-electron chi connectivity index (χ3n) is 5.77. The first-order chi connectivity index (χ1) is 14.0. The monoisotopic (exact) mass is 393 g/mol. The number of nitrogens with one attached hydrogen (secondary N) is 1. The quantitative estimate of drug-likeness (QED) is 0.729. The van der Waals surface area contributed by atoms with Gasteiger partial charge in [-0.2, -0.15) is 5.10 Å². The zero-order valence-electron chi connectivity index (χ0n) is 16.6. The molecule has 7 heteroatoms. The second-order valence-electron chi connectivity index (χ2n) is 7.74. The van der Waals surface area contributed by atoms with Crippen molar-refractivity contribution in [2.45, 2.75) is 26.7 Å². The summed E-state index contributed by atoms with van der Waals surface area (Å²) in [6.07, 6.45) is 6.76. The molecule has 0 spiro atoms. The van der Waals surface area contributed by atoms with Gasteiger partial charge < -0.3 is 10.2 Å². The summed E-state index contributed by atoms with van der Waals surface area (Å²) in [5.41, 5.74) is 2.94. The second-order valence-corrected chi connectivity index (χ2v) is 7.74. The maximum atomic E-state index is 13.2. The first kappa shape index (κ1) is 19.1. The van der Waals surface area contributed by atoms with Crippen LogP contribution in [-0.4, -0.2) is 33.8 Å². The van der Waals surface area contributed by atoms with Gasteiger partial charge >= 0.3 is 0 Å². The Hall–Kier alpha value is -3.22. The average Bonchev–Trinajstić information content (AvgIpc) is 3.10. The van der Waals surface area contributed by atoms with Gasteiger partial charge in [0.1, 0.15) is 5.82 Å². The van der Waals surface area contributed by atoms with Crippen LogP contribution in [0.3, 0.4) is 0 Å². The Bertz CT molecular complexity index is 992. The highest BCUT2D eigenvalue weighted by atomic mass is 19.1. The highest BCUT2D eigenvalue weighted by molar-refractivity contribution is 5.95. The number of halogens is 1. The Kier molecular flexibility index (Phi) is 5.05. The van der Waals surface area contributed by atoms with Crippen LogP contribution in [0.2, 0.25) is 0 Å². The molecule has 4 rings (SSSR count). The molecule has 1 amide bonds. The molecule has 1 aliphatic heterocycles. The number of hydrogen-bond donors (Lipinski definition) is 1. The van der Waals surface area contributed by atoms with Crippen LogP contribution < -0.4 is 10.2 Å². The standard InChI is InChI=1S/C22H24FN5O/c1-16-20(15-25-28(16)19-5-3-17(23)4-6-19)26-21(29)22(2)9-13-27(14-10-22)18-7-11-24-12-8-18/h3-8,11-12,15H,9-10,13-14H2,1-2H3,(H,26,29). The summed E-state index contributed by atoms with van der Waals surface area (Å²) in [4.78, 5) is 19.4. The molecule has 150 valence electrons. The van der Waals surface area contributed by atoms with Gasteiger partial charge in [-0.3, -0.25) is 9.78 Å². The third-order valence-corrected chi connectivity index (χ3v) is 5.77. The van der Waals surface area contributed by atoms with Crippen molar-refractivity contribution in [3.63, 3.8) is 0 Å². The maximum Gasteiger partial charge on any atom is 0.230 e. The van der Waals surface area contributed by atoms with Gasteiger partial charge in [0.15, 0.2) is 0 Å². The third kappa shape index (κ3) is 3.85. The van der Waals surface area contributed by atoms with Crippen LogP contribution in [0.1, 0.15) is 25.5 Å². The number of carbonyl (C=O) groups excluding carboxylic acids is 1. The normalized spacial score (nSPS) is 15.9. The smallest absolute Gasteiger partial charge is 0.230 e. The summed E-state index contributed by atoms with van der Waals surface area (Å²) in [7, 11) is 0. The molecule has 0 aliphatic carbocycles. The summed E-state index contributed by atoms with van der Waals surface area (Å²) in [6, 6.07) is 10.1. The van der Waals surface area contributed by atoms with Crippen LogP contribution >= 0.6 is 0 Å². The van der Waals surface area contributed by atoms with Crippen molar-refractivity contribution in [2.24, 2.45) is 5.41 Å². The SMILES string of the molecule is Cc1c(NC(=O)C2(C)CCN(c3ccncc3)CC2)cnn1-c1ccc(F)cc1. The summed E-state index contributed by atoms with van der Waals surface area (Å²) in [5, 5.41) is 7.41. The number of nitrogens with zero attached hydrogens (tertiary/aromatic N) is 4. The summed E-state index contributed by atoms with van der Waals surface area (Å²) in [5.74, 6) is -0.285. The molecule has 3 heterocycles. The van der Waals surface area contributed by atoms with Crippen LogP contribution in [0.4, 0.5) is 15.8 Å². The molecule has 1 fully saturated rings. The van der Waals surface area contributed by atoms with Gasteiger partial charge in [-0.25, -0.2) is 9.07 Å². The molecule has 2 aromatic heterocycles.